The molecule has 8 aromatic rings. The molecule has 10 atom stereocenters. The Morgan fingerprint density at radius 1 is 0.586 bits per heavy atom. The van der Waals surface area contributed by atoms with Crippen LogP contribution in [0.15, 0.2) is 86.5 Å². The fourth-order valence-electron chi connectivity index (χ4n) is 11.4. The van der Waals surface area contributed by atoms with E-state index in [9.17, 15) is 29.4 Å². The van der Waals surface area contributed by atoms with Crippen molar-refractivity contribution in [2.24, 2.45) is 0 Å². The van der Waals surface area contributed by atoms with Gasteiger partial charge in [-0.05, 0) is 72.7 Å². The molecule has 4 amide bonds. The molecular weight excluding hydrogens is 1140 g/mol. The first-order chi connectivity index (χ1) is 42.0. The third-order valence-corrected chi connectivity index (χ3v) is 17.8. The number of imide groups is 2. The maximum atomic E-state index is 13.2. The largest absolute Gasteiger partial charge is 0.394 e. The summed E-state index contributed by atoms with van der Waals surface area (Å²) in [5, 5.41) is 38.4. The summed E-state index contributed by atoms with van der Waals surface area (Å²) in [6.45, 7) is 13.9. The number of aromatic nitrogens is 12. The van der Waals surface area contributed by atoms with Gasteiger partial charge in [-0.15, -0.1) is 0 Å². The number of aryl methyl sites for hydroxylation is 3. The molecule has 0 radical (unpaired) electrons. The predicted octanol–water partition coefficient (Wildman–Crippen LogP) is 5.23. The van der Waals surface area contributed by atoms with Gasteiger partial charge in [0, 0.05) is 31.3 Å². The molecule has 5 aliphatic heterocycles. The summed E-state index contributed by atoms with van der Waals surface area (Å²) in [5.74, 6) is -1.44. The Balaban J connectivity index is 0.000000146. The van der Waals surface area contributed by atoms with E-state index in [1.807, 2.05) is 25.3 Å². The van der Waals surface area contributed by atoms with E-state index in [1.54, 1.807) is 76.6 Å². The highest BCUT2D eigenvalue weighted by atomic mass is 31.2. The van der Waals surface area contributed by atoms with E-state index >= 15 is 0 Å². The third-order valence-electron chi connectivity index (χ3n) is 15.7. The zero-order chi connectivity index (χ0) is 61.4. The number of amides is 4. The fraction of sp³-hybridized carbons (Fsp3) is 0.448. The van der Waals surface area contributed by atoms with E-state index in [0.29, 0.717) is 69.5 Å². The lowest BCUT2D eigenvalue weighted by Gasteiger charge is -2.37. The number of rotatable bonds is 16. The van der Waals surface area contributed by atoms with Crippen LogP contribution in [0.25, 0.3) is 33.5 Å². The van der Waals surface area contributed by atoms with E-state index in [1.165, 1.54) is 23.9 Å². The number of imidazole rings is 3. The summed E-state index contributed by atoms with van der Waals surface area (Å²) in [5.41, 5.74) is 7.81. The highest BCUT2D eigenvalue weighted by Crippen LogP contribution is 2.50. The number of hydrogen-bond donors (Lipinski definition) is 3. The lowest BCUT2D eigenvalue weighted by molar-refractivity contribution is -0.0432. The molecule has 29 heteroatoms. The van der Waals surface area contributed by atoms with E-state index in [4.69, 9.17) is 33.6 Å². The number of nitrogens with zero attached hydrogens (tertiary/aromatic N) is 16. The van der Waals surface area contributed by atoms with Crippen molar-refractivity contribution in [2.45, 2.75) is 142 Å². The number of fused-ring (bicyclic) bond motifs is 5. The maximum Gasteiger partial charge on any atom is 0.261 e. The van der Waals surface area contributed by atoms with Crippen molar-refractivity contribution in [1.82, 2.24) is 73.0 Å². The Morgan fingerprint density at radius 3 is 1.36 bits per heavy atom. The van der Waals surface area contributed by atoms with Gasteiger partial charge in [-0.2, -0.15) is 5.26 Å². The fourth-order valence-corrected chi connectivity index (χ4v) is 13.1. The van der Waals surface area contributed by atoms with Crippen LogP contribution in [0.1, 0.15) is 131 Å². The molecule has 3 fully saturated rings. The summed E-state index contributed by atoms with van der Waals surface area (Å²) in [4.78, 5) is 92.3. The van der Waals surface area contributed by atoms with Crippen LogP contribution in [-0.2, 0) is 23.3 Å². The normalized spacial score (nSPS) is 23.7. The van der Waals surface area contributed by atoms with Crippen molar-refractivity contribution in [3.05, 3.63) is 126 Å². The molecule has 3 saturated heterocycles. The minimum atomic E-state index is -1.59. The second-order valence-corrected chi connectivity index (χ2v) is 23.4. The molecule has 0 saturated carbocycles. The van der Waals surface area contributed by atoms with Gasteiger partial charge in [-0.1, -0.05) is 24.3 Å². The first-order valence-corrected chi connectivity index (χ1v) is 29.6. The first-order valence-electron chi connectivity index (χ1n) is 28.5. The summed E-state index contributed by atoms with van der Waals surface area (Å²) >= 11 is 0. The lowest BCUT2D eigenvalue weighted by atomic mass is 10.1. The molecule has 13 rings (SSSR count). The van der Waals surface area contributed by atoms with E-state index < -0.39 is 57.6 Å². The zero-order valence-corrected chi connectivity index (χ0v) is 49.6. The second-order valence-electron chi connectivity index (χ2n) is 22.0. The number of hydrogen-bond acceptors (Lipinski definition) is 23. The molecule has 0 aliphatic carbocycles. The van der Waals surface area contributed by atoms with Crippen molar-refractivity contribution >= 4 is 65.6 Å². The van der Waals surface area contributed by atoms with Gasteiger partial charge in [0.25, 0.3) is 32.2 Å². The lowest BCUT2D eigenvalue weighted by Crippen LogP contribution is -2.42. The number of benzene rings is 2. The Bertz CT molecular complexity index is 3830. The van der Waals surface area contributed by atoms with Gasteiger partial charge in [-0.3, -0.25) is 42.7 Å². The Labute approximate surface area is 499 Å². The van der Waals surface area contributed by atoms with Crippen molar-refractivity contribution in [3.63, 3.8) is 0 Å². The van der Waals surface area contributed by atoms with Gasteiger partial charge < -0.3 is 38.6 Å². The quantitative estimate of drug-likeness (QED) is 0.0633. The standard InChI is InChI=1S/C28H34N7O5P.C19H17N5O4.C11H14N4O3/c1-17(2)35(18(3)4)41(38-12-8-11-29)40-22-13-24(34-16-32-25-19(5)30-15-31-26(25)34)39-23(22)14-33-27(36)20-9-6-7-10-21(20)28(33)37;1-10-16-17(21-8-20-10)24(9-22-16)15-6-13(25)14(28-15)7-23-18(26)11-4-2-3-5-12(11)19(23)27;1-6-10-11(13-4-12-6)15(5-14-10)9-2-7(17)8(3-16)18-9/h6-7,9-10,15-18,22-24H,8,12-14H2,1-5H3;2-5,8-9,13-15,25H,6-7H2,1H3;4-5,7-9,16-17H,2-3H2,1H3/t22-,23+,24+,41?;13-,14+,15+;7-,8+,9+/m000/s1. The summed E-state index contributed by atoms with van der Waals surface area (Å²) < 4.78 is 38.4. The smallest absolute Gasteiger partial charge is 0.261 e. The molecule has 2 aromatic carbocycles. The highest BCUT2D eigenvalue weighted by molar-refractivity contribution is 7.44. The number of ether oxygens (including phenoxy) is 3. The number of carbonyl (C=O) groups excluding carboxylic acids is 4. The van der Waals surface area contributed by atoms with E-state index in [-0.39, 0.29) is 74.7 Å². The van der Waals surface area contributed by atoms with Crippen molar-refractivity contribution in [1.29, 1.82) is 5.26 Å². The topological polar surface area (TPSA) is 339 Å². The van der Waals surface area contributed by atoms with E-state index in [2.05, 4.69) is 83.3 Å². The second kappa shape index (κ2) is 25.7. The van der Waals surface area contributed by atoms with Gasteiger partial charge in [0.15, 0.2) is 16.9 Å². The minimum Gasteiger partial charge on any atom is -0.394 e. The molecule has 11 heterocycles. The Hall–Kier alpha value is -8.07. The van der Waals surface area contributed by atoms with Crippen molar-refractivity contribution in [3.8, 4) is 6.07 Å². The molecule has 5 aliphatic rings. The summed E-state index contributed by atoms with van der Waals surface area (Å²) in [6.07, 6.45) is 5.43. The monoisotopic (exact) mass is 1210 g/mol. The molecule has 28 nitrogen and oxygen atoms in total. The Kier molecular flexibility index (Phi) is 17.9. The van der Waals surface area contributed by atoms with Crippen LogP contribution in [0, 0.1) is 32.1 Å². The van der Waals surface area contributed by atoms with E-state index in [0.717, 1.165) is 27.5 Å². The maximum absolute atomic E-state index is 13.2. The van der Waals surface area contributed by atoms with Gasteiger partial charge >= 0.3 is 0 Å². The van der Waals surface area contributed by atoms with Crippen molar-refractivity contribution in [2.75, 3.05) is 26.3 Å². The molecule has 0 spiro atoms. The van der Waals surface area contributed by atoms with Crippen LogP contribution in [0.4, 0.5) is 0 Å². The van der Waals surface area contributed by atoms with Gasteiger partial charge in [-0.25, -0.2) is 49.5 Å². The summed E-state index contributed by atoms with van der Waals surface area (Å²) in [6, 6.07) is 15.8. The van der Waals surface area contributed by atoms with Crippen LogP contribution >= 0.6 is 8.53 Å². The number of carbonyl (C=O) groups is 4. The predicted molar refractivity (Wildman–Crippen MR) is 309 cm³/mol. The number of aliphatic hydroxyl groups is 3. The third kappa shape index (κ3) is 11.9. The number of aliphatic hydroxyl groups excluding tert-OH is 3. The average Bonchev–Trinajstić information content (AvgIpc) is 1.98. The molecule has 454 valence electrons. The summed E-state index contributed by atoms with van der Waals surface area (Å²) in [7, 11) is -1.59. The SMILES string of the molecule is Cc1ncnc2c1ncn2[C@H]1C[C@H](O)[C@@H](CN2C(=O)c3ccccc3C2=O)O1.Cc1ncnc2c1ncn2[C@H]1C[C@H](O)[C@@H](CO)O1.Cc1ncnc2c1ncn2[C@H]1C[C@H](OP(OCCC#N)N(C(C)C)C(C)C)[C@@H](CN2C(=O)c3ccccc3C2=O)O1. The molecule has 0 bridgehead atoms. The van der Waals surface area contributed by atoms with Crippen LogP contribution in [0.3, 0.4) is 0 Å². The van der Waals surface area contributed by atoms with Gasteiger partial charge in [0.2, 0.25) is 0 Å². The number of nitriles is 1. The highest BCUT2D eigenvalue weighted by Gasteiger charge is 2.47. The minimum absolute atomic E-state index is 0.00927. The van der Waals surface area contributed by atoms with Crippen LogP contribution < -0.4 is 0 Å². The molecular formula is C58H65N16O12P. The zero-order valence-electron chi connectivity index (χ0n) is 48.7. The van der Waals surface area contributed by atoms with Crippen LogP contribution in [-0.4, -0.2) is 187 Å². The molecule has 1 unspecified atom stereocenters. The first kappa shape index (κ1) is 60.6. The Morgan fingerprint density at radius 2 is 0.966 bits per heavy atom. The average molecular weight is 1210 g/mol. The van der Waals surface area contributed by atoms with Gasteiger partial charge in [0.1, 0.15) is 72.5 Å². The molecule has 87 heavy (non-hydrogen) atoms. The van der Waals surface area contributed by atoms with Gasteiger partial charge in [0.05, 0.1) is 115 Å². The van der Waals surface area contributed by atoms with Crippen molar-refractivity contribution < 1.29 is 57.8 Å². The van der Waals surface area contributed by atoms with Crippen LogP contribution in [0.5, 0.6) is 0 Å². The molecule has 6 aromatic heterocycles. The molecule has 3 N–H and O–H groups in total. The van der Waals surface area contributed by atoms with Crippen LogP contribution in [0.2, 0.25) is 0 Å².